The molecule has 1 atom stereocenters. The molecule has 0 aliphatic heterocycles. The Morgan fingerprint density at radius 2 is 2.12 bits per heavy atom. The fourth-order valence-electron chi connectivity index (χ4n) is 1.33. The van der Waals surface area contributed by atoms with Crippen molar-refractivity contribution < 1.29 is 14.6 Å². The van der Waals surface area contributed by atoms with Gasteiger partial charge >= 0.3 is 0 Å². The van der Waals surface area contributed by atoms with Gasteiger partial charge in [0, 0.05) is 19.1 Å². The summed E-state index contributed by atoms with van der Waals surface area (Å²) in [6.07, 6.45) is 0.609. The standard InChI is InChI=1S/C12H19NO3/c1-9(13)10-4-5-11(12(8-10)15-2)16-7-3-6-14/h4-5,8-9,14H,3,6-7,13H2,1-2H3. The van der Waals surface area contributed by atoms with Crippen molar-refractivity contribution in [2.45, 2.75) is 19.4 Å². The number of hydrogen-bond donors (Lipinski definition) is 2. The summed E-state index contributed by atoms with van der Waals surface area (Å²) in [7, 11) is 1.60. The van der Waals surface area contributed by atoms with Crippen LogP contribution >= 0.6 is 0 Å². The van der Waals surface area contributed by atoms with Crippen LogP contribution in [0.5, 0.6) is 11.5 Å². The van der Waals surface area contributed by atoms with Crippen LogP contribution in [-0.2, 0) is 0 Å². The molecular weight excluding hydrogens is 206 g/mol. The number of rotatable bonds is 6. The van der Waals surface area contributed by atoms with Gasteiger partial charge in [0.05, 0.1) is 13.7 Å². The maximum atomic E-state index is 8.66. The monoisotopic (exact) mass is 225 g/mol. The summed E-state index contributed by atoms with van der Waals surface area (Å²) in [4.78, 5) is 0. The van der Waals surface area contributed by atoms with Crippen LogP contribution in [0.3, 0.4) is 0 Å². The lowest BCUT2D eigenvalue weighted by Crippen LogP contribution is -2.06. The van der Waals surface area contributed by atoms with E-state index in [1.54, 1.807) is 7.11 Å². The second-order valence-electron chi connectivity index (χ2n) is 3.62. The molecule has 0 amide bonds. The van der Waals surface area contributed by atoms with Gasteiger partial charge in [-0.05, 0) is 24.6 Å². The van der Waals surface area contributed by atoms with Gasteiger partial charge in [-0.2, -0.15) is 0 Å². The summed E-state index contributed by atoms with van der Waals surface area (Å²) in [6.45, 7) is 2.52. The smallest absolute Gasteiger partial charge is 0.161 e. The van der Waals surface area contributed by atoms with Crippen LogP contribution in [0.4, 0.5) is 0 Å². The molecule has 1 aromatic carbocycles. The molecule has 90 valence electrons. The van der Waals surface area contributed by atoms with Crippen LogP contribution in [0, 0.1) is 0 Å². The van der Waals surface area contributed by atoms with E-state index < -0.39 is 0 Å². The van der Waals surface area contributed by atoms with Crippen molar-refractivity contribution in [3.8, 4) is 11.5 Å². The van der Waals surface area contributed by atoms with E-state index in [2.05, 4.69) is 0 Å². The molecule has 3 N–H and O–H groups in total. The van der Waals surface area contributed by atoms with Crippen molar-refractivity contribution in [1.29, 1.82) is 0 Å². The van der Waals surface area contributed by atoms with Gasteiger partial charge in [0.1, 0.15) is 0 Å². The Labute approximate surface area is 96.0 Å². The minimum atomic E-state index is -0.0274. The molecule has 1 unspecified atom stereocenters. The molecule has 0 aromatic heterocycles. The lowest BCUT2D eigenvalue weighted by atomic mass is 10.1. The first-order valence-corrected chi connectivity index (χ1v) is 5.36. The minimum absolute atomic E-state index is 0.0274. The van der Waals surface area contributed by atoms with E-state index in [1.807, 2.05) is 25.1 Å². The highest BCUT2D eigenvalue weighted by atomic mass is 16.5. The highest BCUT2D eigenvalue weighted by molar-refractivity contribution is 5.43. The van der Waals surface area contributed by atoms with E-state index in [-0.39, 0.29) is 12.6 Å². The van der Waals surface area contributed by atoms with Crippen LogP contribution in [0.2, 0.25) is 0 Å². The van der Waals surface area contributed by atoms with Gasteiger partial charge in [-0.3, -0.25) is 0 Å². The molecule has 0 heterocycles. The Morgan fingerprint density at radius 1 is 1.38 bits per heavy atom. The molecule has 4 nitrogen and oxygen atoms in total. The van der Waals surface area contributed by atoms with E-state index in [4.69, 9.17) is 20.3 Å². The van der Waals surface area contributed by atoms with Crippen molar-refractivity contribution in [3.05, 3.63) is 23.8 Å². The average Bonchev–Trinajstić information content (AvgIpc) is 2.29. The number of benzene rings is 1. The summed E-state index contributed by atoms with van der Waals surface area (Å²) in [5.74, 6) is 1.35. The first-order valence-electron chi connectivity index (χ1n) is 5.36. The number of aliphatic hydroxyl groups excluding tert-OH is 1. The number of aliphatic hydroxyl groups is 1. The van der Waals surface area contributed by atoms with Crippen molar-refractivity contribution in [1.82, 2.24) is 0 Å². The summed E-state index contributed by atoms with van der Waals surface area (Å²) in [5.41, 5.74) is 6.79. The maximum Gasteiger partial charge on any atom is 0.161 e. The van der Waals surface area contributed by atoms with Crippen LogP contribution in [0.25, 0.3) is 0 Å². The molecule has 0 radical (unpaired) electrons. The van der Waals surface area contributed by atoms with Crippen LogP contribution < -0.4 is 15.2 Å². The van der Waals surface area contributed by atoms with E-state index in [1.165, 1.54) is 0 Å². The minimum Gasteiger partial charge on any atom is -0.493 e. The molecule has 0 aliphatic carbocycles. The van der Waals surface area contributed by atoms with Gasteiger partial charge in [0.2, 0.25) is 0 Å². The first-order chi connectivity index (χ1) is 7.69. The molecular formula is C12H19NO3. The van der Waals surface area contributed by atoms with Gasteiger partial charge < -0.3 is 20.3 Å². The molecule has 4 heteroatoms. The zero-order valence-electron chi connectivity index (χ0n) is 9.77. The highest BCUT2D eigenvalue weighted by Crippen LogP contribution is 2.29. The summed E-state index contributed by atoms with van der Waals surface area (Å²) in [5, 5.41) is 8.66. The summed E-state index contributed by atoms with van der Waals surface area (Å²) in [6, 6.07) is 5.61. The van der Waals surface area contributed by atoms with E-state index in [9.17, 15) is 0 Å². The topological polar surface area (TPSA) is 64.7 Å². The van der Waals surface area contributed by atoms with Crippen molar-refractivity contribution in [2.75, 3.05) is 20.3 Å². The van der Waals surface area contributed by atoms with Gasteiger partial charge in [0.25, 0.3) is 0 Å². The van der Waals surface area contributed by atoms with Crippen LogP contribution in [-0.4, -0.2) is 25.4 Å². The van der Waals surface area contributed by atoms with Crippen molar-refractivity contribution in [2.24, 2.45) is 5.73 Å². The quantitative estimate of drug-likeness (QED) is 0.720. The van der Waals surface area contributed by atoms with E-state index in [0.717, 1.165) is 5.56 Å². The van der Waals surface area contributed by atoms with Gasteiger partial charge in [0.15, 0.2) is 11.5 Å². The average molecular weight is 225 g/mol. The molecule has 0 fully saturated rings. The van der Waals surface area contributed by atoms with Crippen molar-refractivity contribution >= 4 is 0 Å². The fraction of sp³-hybridized carbons (Fsp3) is 0.500. The normalized spacial score (nSPS) is 12.2. The Kier molecular flexibility index (Phi) is 5.08. The maximum absolute atomic E-state index is 8.66. The first kappa shape index (κ1) is 12.8. The lowest BCUT2D eigenvalue weighted by Gasteiger charge is -2.13. The van der Waals surface area contributed by atoms with E-state index in [0.29, 0.717) is 24.5 Å². The van der Waals surface area contributed by atoms with Crippen molar-refractivity contribution in [3.63, 3.8) is 0 Å². The second-order valence-corrected chi connectivity index (χ2v) is 3.62. The Morgan fingerprint density at radius 3 is 2.69 bits per heavy atom. The third-order valence-corrected chi connectivity index (χ3v) is 2.27. The number of hydrogen-bond acceptors (Lipinski definition) is 4. The van der Waals surface area contributed by atoms with Gasteiger partial charge in [-0.15, -0.1) is 0 Å². The van der Waals surface area contributed by atoms with E-state index >= 15 is 0 Å². The Bertz CT molecular complexity index is 326. The molecule has 1 aromatic rings. The third kappa shape index (κ3) is 3.40. The summed E-state index contributed by atoms with van der Waals surface area (Å²) >= 11 is 0. The SMILES string of the molecule is COc1cc(C(C)N)ccc1OCCCO. The zero-order valence-corrected chi connectivity index (χ0v) is 9.77. The highest BCUT2D eigenvalue weighted by Gasteiger charge is 2.07. The number of ether oxygens (including phenoxy) is 2. The second kappa shape index (κ2) is 6.35. The predicted octanol–water partition coefficient (Wildman–Crippen LogP) is 1.48. The molecule has 0 aliphatic rings. The third-order valence-electron chi connectivity index (χ3n) is 2.27. The molecule has 1 rings (SSSR count). The Balaban J connectivity index is 2.76. The molecule has 0 saturated carbocycles. The molecule has 0 saturated heterocycles. The molecule has 0 spiro atoms. The fourth-order valence-corrected chi connectivity index (χ4v) is 1.33. The largest absolute Gasteiger partial charge is 0.493 e. The predicted molar refractivity (Wildman–Crippen MR) is 62.8 cm³/mol. The zero-order chi connectivity index (χ0) is 12.0. The molecule has 16 heavy (non-hydrogen) atoms. The van der Waals surface area contributed by atoms with Gasteiger partial charge in [-0.25, -0.2) is 0 Å². The summed E-state index contributed by atoms with van der Waals surface area (Å²) < 4.78 is 10.7. The molecule has 0 bridgehead atoms. The number of nitrogens with two attached hydrogens (primary N) is 1. The van der Waals surface area contributed by atoms with Gasteiger partial charge in [-0.1, -0.05) is 6.07 Å². The number of methoxy groups -OCH3 is 1. The van der Waals surface area contributed by atoms with Crippen LogP contribution in [0.1, 0.15) is 24.9 Å². The van der Waals surface area contributed by atoms with Crippen LogP contribution in [0.15, 0.2) is 18.2 Å². The Hall–Kier alpha value is -1.26. The lowest BCUT2D eigenvalue weighted by molar-refractivity contribution is 0.228.